The van der Waals surface area contributed by atoms with Gasteiger partial charge in [0.05, 0.1) is 7.11 Å². The highest BCUT2D eigenvalue weighted by Crippen LogP contribution is 2.27. The van der Waals surface area contributed by atoms with Crippen LogP contribution < -0.4 is 4.72 Å². The van der Waals surface area contributed by atoms with Gasteiger partial charge in [-0.25, -0.2) is 17.9 Å². The topological polar surface area (TPSA) is 92.7 Å². The van der Waals surface area contributed by atoms with E-state index in [2.05, 4.69) is 9.46 Å². The van der Waals surface area contributed by atoms with Crippen LogP contribution in [-0.2, 0) is 14.8 Å². The Kier molecular flexibility index (Phi) is 5.31. The molecule has 0 amide bonds. The minimum absolute atomic E-state index is 0.0527. The number of aryl methyl sites for hydroxylation is 1. The zero-order valence-electron chi connectivity index (χ0n) is 11.9. The van der Waals surface area contributed by atoms with Crippen molar-refractivity contribution in [2.75, 3.05) is 20.3 Å². The predicted octanol–water partition coefficient (Wildman–Crippen LogP) is 1.14. The maximum absolute atomic E-state index is 12.3. The van der Waals surface area contributed by atoms with Crippen molar-refractivity contribution >= 4 is 27.3 Å². The summed E-state index contributed by atoms with van der Waals surface area (Å²) in [6.07, 6.45) is 0. The number of thiophene rings is 1. The predicted molar refractivity (Wildman–Crippen MR) is 76.5 cm³/mol. The molecule has 2 N–H and O–H groups in total. The highest BCUT2D eigenvalue weighted by molar-refractivity contribution is 7.89. The van der Waals surface area contributed by atoms with E-state index in [4.69, 9.17) is 5.11 Å². The smallest absolute Gasteiger partial charge is 0.349 e. The molecular weight excluding hydrogens is 302 g/mol. The van der Waals surface area contributed by atoms with Gasteiger partial charge in [0.15, 0.2) is 0 Å². The number of nitrogens with one attached hydrogen (secondary N) is 1. The second-order valence-electron chi connectivity index (χ2n) is 5.22. The van der Waals surface area contributed by atoms with E-state index in [-0.39, 0.29) is 22.9 Å². The first-order chi connectivity index (χ1) is 9.14. The second kappa shape index (κ2) is 6.21. The minimum Gasteiger partial charge on any atom is -0.465 e. The van der Waals surface area contributed by atoms with Crippen molar-refractivity contribution in [3.8, 4) is 0 Å². The van der Waals surface area contributed by atoms with Crippen molar-refractivity contribution in [1.29, 1.82) is 0 Å². The quantitative estimate of drug-likeness (QED) is 0.767. The van der Waals surface area contributed by atoms with Crippen LogP contribution in [0.2, 0.25) is 0 Å². The molecule has 0 spiro atoms. The molecule has 1 aromatic heterocycles. The van der Waals surface area contributed by atoms with Crippen molar-refractivity contribution in [3.05, 3.63) is 15.8 Å². The SMILES string of the molecule is COC(=O)c1scc(C)c1S(=O)(=O)NCC(C)(C)CO. The Labute approximate surface area is 122 Å². The van der Waals surface area contributed by atoms with Crippen LogP contribution in [-0.4, -0.2) is 39.8 Å². The number of aliphatic hydroxyl groups is 1. The number of carbonyl (C=O) groups is 1. The van der Waals surface area contributed by atoms with Crippen LogP contribution in [0.4, 0.5) is 0 Å². The lowest BCUT2D eigenvalue weighted by Crippen LogP contribution is -2.36. The molecule has 0 aliphatic heterocycles. The van der Waals surface area contributed by atoms with E-state index in [0.717, 1.165) is 11.3 Å². The Morgan fingerprint density at radius 1 is 1.50 bits per heavy atom. The van der Waals surface area contributed by atoms with Gasteiger partial charge in [-0.3, -0.25) is 0 Å². The second-order valence-corrected chi connectivity index (χ2v) is 7.80. The van der Waals surface area contributed by atoms with Gasteiger partial charge in [0, 0.05) is 18.6 Å². The average Bonchev–Trinajstić information content (AvgIpc) is 2.78. The Bertz CT molecular complexity index is 589. The van der Waals surface area contributed by atoms with Gasteiger partial charge in [-0.05, 0) is 17.9 Å². The van der Waals surface area contributed by atoms with Gasteiger partial charge in [0.25, 0.3) is 0 Å². The molecule has 0 aromatic carbocycles. The van der Waals surface area contributed by atoms with Crippen molar-refractivity contribution < 1.29 is 23.1 Å². The molecule has 0 radical (unpaired) electrons. The van der Waals surface area contributed by atoms with E-state index >= 15 is 0 Å². The fourth-order valence-electron chi connectivity index (χ4n) is 1.42. The van der Waals surface area contributed by atoms with Gasteiger partial charge in [-0.2, -0.15) is 0 Å². The number of hydrogen-bond acceptors (Lipinski definition) is 6. The lowest BCUT2D eigenvalue weighted by molar-refractivity contribution is 0.0602. The molecule has 0 saturated heterocycles. The molecule has 0 bridgehead atoms. The largest absolute Gasteiger partial charge is 0.465 e. The Morgan fingerprint density at radius 2 is 2.10 bits per heavy atom. The highest BCUT2D eigenvalue weighted by atomic mass is 32.2. The third-order valence-corrected chi connectivity index (χ3v) is 5.52. The number of esters is 1. The van der Waals surface area contributed by atoms with Crippen LogP contribution in [0.15, 0.2) is 10.3 Å². The van der Waals surface area contributed by atoms with Crippen LogP contribution in [0.25, 0.3) is 0 Å². The first-order valence-electron chi connectivity index (χ1n) is 5.91. The van der Waals surface area contributed by atoms with E-state index in [1.807, 2.05) is 0 Å². The number of aliphatic hydroxyl groups excluding tert-OH is 1. The zero-order valence-corrected chi connectivity index (χ0v) is 13.5. The van der Waals surface area contributed by atoms with Crippen molar-refractivity contribution in [2.24, 2.45) is 5.41 Å². The van der Waals surface area contributed by atoms with E-state index in [9.17, 15) is 13.2 Å². The number of hydrogen-bond donors (Lipinski definition) is 2. The molecule has 1 rings (SSSR count). The van der Waals surface area contributed by atoms with Gasteiger partial charge >= 0.3 is 5.97 Å². The van der Waals surface area contributed by atoms with E-state index < -0.39 is 21.4 Å². The molecule has 0 saturated carbocycles. The summed E-state index contributed by atoms with van der Waals surface area (Å²) in [4.78, 5) is 11.6. The fraction of sp³-hybridized carbons (Fsp3) is 0.583. The summed E-state index contributed by atoms with van der Waals surface area (Å²) in [6.45, 7) is 5.01. The minimum atomic E-state index is -3.83. The third-order valence-electron chi connectivity index (χ3n) is 2.73. The Morgan fingerprint density at radius 3 is 2.60 bits per heavy atom. The van der Waals surface area contributed by atoms with Gasteiger partial charge in [-0.1, -0.05) is 13.8 Å². The van der Waals surface area contributed by atoms with E-state index in [1.165, 1.54) is 7.11 Å². The highest BCUT2D eigenvalue weighted by Gasteiger charge is 2.29. The van der Waals surface area contributed by atoms with Crippen LogP contribution in [0.1, 0.15) is 29.1 Å². The van der Waals surface area contributed by atoms with E-state index in [0.29, 0.717) is 5.56 Å². The third kappa shape index (κ3) is 3.78. The summed E-state index contributed by atoms with van der Waals surface area (Å²) in [6, 6.07) is 0. The van der Waals surface area contributed by atoms with Crippen LogP contribution in [0, 0.1) is 12.3 Å². The normalized spacial score (nSPS) is 12.4. The van der Waals surface area contributed by atoms with Crippen molar-refractivity contribution in [2.45, 2.75) is 25.7 Å². The molecule has 0 aliphatic carbocycles. The van der Waals surface area contributed by atoms with Gasteiger partial charge in [0.1, 0.15) is 9.77 Å². The summed E-state index contributed by atoms with van der Waals surface area (Å²) >= 11 is 1.03. The molecule has 0 aliphatic rings. The Hall–Kier alpha value is -0.960. The fourth-order valence-corrected chi connectivity index (χ4v) is 4.36. The van der Waals surface area contributed by atoms with Gasteiger partial charge in [0.2, 0.25) is 10.0 Å². The van der Waals surface area contributed by atoms with Crippen LogP contribution in [0.3, 0.4) is 0 Å². The molecule has 1 heterocycles. The zero-order chi connectivity index (χ0) is 15.6. The lowest BCUT2D eigenvalue weighted by Gasteiger charge is -2.21. The maximum Gasteiger partial charge on any atom is 0.349 e. The first-order valence-corrected chi connectivity index (χ1v) is 8.28. The summed E-state index contributed by atoms with van der Waals surface area (Å²) in [5.74, 6) is -0.676. The molecule has 0 unspecified atom stereocenters. The molecular formula is C12H19NO5S2. The maximum atomic E-state index is 12.3. The molecule has 20 heavy (non-hydrogen) atoms. The summed E-state index contributed by atoms with van der Waals surface area (Å²) < 4.78 is 31.7. The Balaban J connectivity index is 3.10. The number of sulfonamides is 1. The summed E-state index contributed by atoms with van der Waals surface area (Å²) in [5.41, 5.74) is -0.0905. The molecule has 1 aromatic rings. The van der Waals surface area contributed by atoms with Crippen LogP contribution in [0.5, 0.6) is 0 Å². The average molecular weight is 321 g/mol. The number of ether oxygens (including phenoxy) is 1. The molecule has 0 atom stereocenters. The van der Waals surface area contributed by atoms with Crippen molar-refractivity contribution in [3.63, 3.8) is 0 Å². The van der Waals surface area contributed by atoms with Gasteiger partial charge < -0.3 is 9.84 Å². The number of methoxy groups -OCH3 is 1. The van der Waals surface area contributed by atoms with Crippen molar-refractivity contribution in [1.82, 2.24) is 4.72 Å². The standard InChI is InChI=1S/C12H19NO5S2/c1-8-5-19-9(11(15)18-4)10(8)20(16,17)13-6-12(2,3)7-14/h5,13-14H,6-7H2,1-4H3. The summed E-state index contributed by atoms with van der Waals surface area (Å²) in [7, 11) is -2.62. The molecule has 0 fully saturated rings. The first kappa shape index (κ1) is 17.1. The van der Waals surface area contributed by atoms with E-state index in [1.54, 1.807) is 26.2 Å². The van der Waals surface area contributed by atoms with Gasteiger partial charge in [-0.15, -0.1) is 11.3 Å². The summed E-state index contributed by atoms with van der Waals surface area (Å²) in [5, 5.41) is 10.7. The van der Waals surface area contributed by atoms with Crippen LogP contribution >= 0.6 is 11.3 Å². The molecule has 8 heteroatoms. The molecule has 114 valence electrons. The molecule has 6 nitrogen and oxygen atoms in total. The number of rotatable bonds is 6. The lowest BCUT2D eigenvalue weighted by atomic mass is 9.96. The monoisotopic (exact) mass is 321 g/mol. The number of carbonyl (C=O) groups excluding carboxylic acids is 1.